The minimum atomic E-state index is -0.406. The van der Waals surface area contributed by atoms with E-state index in [0.717, 1.165) is 40.1 Å². The minimum Gasteiger partial charge on any atom is -0.507 e. The van der Waals surface area contributed by atoms with Gasteiger partial charge in [0.15, 0.2) is 0 Å². The summed E-state index contributed by atoms with van der Waals surface area (Å²) in [6.45, 7) is 12.2. The third-order valence-electron chi connectivity index (χ3n) is 4.85. The second-order valence-corrected chi connectivity index (χ2v) is 8.44. The van der Waals surface area contributed by atoms with Gasteiger partial charge in [0, 0.05) is 28.2 Å². The fourth-order valence-corrected chi connectivity index (χ4v) is 3.75. The average molecular weight is 389 g/mol. The number of phenols is 1. The molecule has 0 heterocycles. The number of allylic oxidation sites excluding steroid dienone is 4. The number of hydrogen-bond donors (Lipinski definition) is 1. The molecule has 1 N–H and O–H groups in total. The van der Waals surface area contributed by atoms with Crippen molar-refractivity contribution in [1.82, 2.24) is 0 Å². The molecule has 1 aliphatic carbocycles. The van der Waals surface area contributed by atoms with E-state index < -0.39 is 5.97 Å². The van der Waals surface area contributed by atoms with E-state index in [2.05, 4.69) is 46.4 Å². The molecule has 0 radical (unpaired) electrons. The fourth-order valence-electron chi connectivity index (χ4n) is 3.59. The summed E-state index contributed by atoms with van der Waals surface area (Å²) in [5.41, 5.74) is 3.99. The number of benzene rings is 1. The van der Waals surface area contributed by atoms with Crippen LogP contribution >= 0.6 is 11.6 Å². The number of ether oxygens (including phenoxy) is 1. The molecule has 1 aliphatic rings. The van der Waals surface area contributed by atoms with Crippen LogP contribution in [-0.4, -0.2) is 17.7 Å². The second-order valence-electron chi connectivity index (χ2n) is 8.00. The first-order valence-electron chi connectivity index (χ1n) is 9.34. The van der Waals surface area contributed by atoms with E-state index in [0.29, 0.717) is 18.8 Å². The van der Waals surface area contributed by atoms with Crippen molar-refractivity contribution in [2.75, 3.05) is 6.61 Å². The van der Waals surface area contributed by atoms with Gasteiger partial charge in [0.25, 0.3) is 0 Å². The molecule has 1 aromatic rings. The molecule has 146 valence electrons. The van der Waals surface area contributed by atoms with Crippen LogP contribution in [0.1, 0.15) is 61.8 Å². The molecule has 0 aliphatic heterocycles. The van der Waals surface area contributed by atoms with Gasteiger partial charge in [0.2, 0.25) is 0 Å². The molecule has 4 heteroatoms. The zero-order valence-electron chi connectivity index (χ0n) is 16.6. The van der Waals surface area contributed by atoms with Crippen molar-refractivity contribution in [2.24, 2.45) is 0 Å². The number of esters is 1. The van der Waals surface area contributed by atoms with Crippen molar-refractivity contribution in [1.29, 1.82) is 0 Å². The summed E-state index contributed by atoms with van der Waals surface area (Å²) in [5, 5.41) is 11.9. The van der Waals surface area contributed by atoms with Crippen molar-refractivity contribution >= 4 is 17.6 Å². The van der Waals surface area contributed by atoms with Crippen LogP contribution in [-0.2, 0) is 21.4 Å². The first-order valence-corrected chi connectivity index (χ1v) is 9.71. The van der Waals surface area contributed by atoms with Crippen molar-refractivity contribution in [3.05, 3.63) is 64.2 Å². The molecular formula is C23H29ClO3. The molecule has 0 bridgehead atoms. The van der Waals surface area contributed by atoms with Gasteiger partial charge >= 0.3 is 5.97 Å². The Kier molecular flexibility index (Phi) is 6.94. The van der Waals surface area contributed by atoms with Gasteiger partial charge in [-0.2, -0.15) is 0 Å². The van der Waals surface area contributed by atoms with E-state index in [1.165, 1.54) is 6.08 Å². The Morgan fingerprint density at radius 3 is 2.70 bits per heavy atom. The molecule has 0 amide bonds. The summed E-state index contributed by atoms with van der Waals surface area (Å²) < 4.78 is 5.09. The van der Waals surface area contributed by atoms with Crippen molar-refractivity contribution in [2.45, 2.75) is 58.3 Å². The molecule has 0 spiro atoms. The highest BCUT2D eigenvalue weighted by Crippen LogP contribution is 2.43. The summed E-state index contributed by atoms with van der Waals surface area (Å²) in [6.07, 6.45) is 9.32. The van der Waals surface area contributed by atoms with Crippen molar-refractivity contribution < 1.29 is 14.6 Å². The smallest absolute Gasteiger partial charge is 0.330 e. The molecule has 0 saturated carbocycles. The van der Waals surface area contributed by atoms with Crippen LogP contribution in [0.25, 0.3) is 0 Å². The van der Waals surface area contributed by atoms with Gasteiger partial charge in [-0.3, -0.25) is 0 Å². The highest BCUT2D eigenvalue weighted by molar-refractivity contribution is 6.31. The maximum Gasteiger partial charge on any atom is 0.330 e. The SMILES string of the molecule is C=CC(=O)OCCCc1c(C)cc(C2C=CC(Cl)=CC2)c(O)c1C(C)(C)C. The third kappa shape index (κ3) is 5.26. The van der Waals surface area contributed by atoms with E-state index >= 15 is 0 Å². The number of hydrogen-bond acceptors (Lipinski definition) is 3. The van der Waals surface area contributed by atoms with E-state index in [4.69, 9.17) is 16.3 Å². The average Bonchev–Trinajstić information content (AvgIpc) is 2.60. The van der Waals surface area contributed by atoms with Gasteiger partial charge in [-0.25, -0.2) is 4.79 Å². The first kappa shape index (κ1) is 21.3. The van der Waals surface area contributed by atoms with Crippen LogP contribution in [0.5, 0.6) is 5.75 Å². The number of rotatable bonds is 6. The Hall–Kier alpha value is -2.00. The molecular weight excluding hydrogens is 360 g/mol. The summed E-state index contributed by atoms with van der Waals surface area (Å²) >= 11 is 6.04. The van der Waals surface area contributed by atoms with E-state index in [9.17, 15) is 9.90 Å². The normalized spacial score (nSPS) is 16.8. The van der Waals surface area contributed by atoms with Crippen LogP contribution in [0.2, 0.25) is 0 Å². The van der Waals surface area contributed by atoms with Gasteiger partial charge < -0.3 is 9.84 Å². The number of carbonyl (C=O) groups excluding carboxylic acids is 1. The van der Waals surface area contributed by atoms with Gasteiger partial charge in [0.1, 0.15) is 5.75 Å². The van der Waals surface area contributed by atoms with Gasteiger partial charge in [-0.15, -0.1) is 0 Å². The molecule has 1 aromatic carbocycles. The predicted octanol–water partition coefficient (Wildman–Crippen LogP) is 5.83. The molecule has 0 saturated heterocycles. The maximum absolute atomic E-state index is 11.2. The highest BCUT2D eigenvalue weighted by atomic mass is 35.5. The lowest BCUT2D eigenvalue weighted by Gasteiger charge is -2.29. The van der Waals surface area contributed by atoms with Crippen molar-refractivity contribution in [3.8, 4) is 5.75 Å². The Bertz CT molecular complexity index is 782. The maximum atomic E-state index is 11.2. The largest absolute Gasteiger partial charge is 0.507 e. The van der Waals surface area contributed by atoms with Crippen LogP contribution in [0.4, 0.5) is 0 Å². The topological polar surface area (TPSA) is 46.5 Å². The Morgan fingerprint density at radius 1 is 1.44 bits per heavy atom. The highest BCUT2D eigenvalue weighted by Gasteiger charge is 2.27. The van der Waals surface area contributed by atoms with Crippen LogP contribution in [0.3, 0.4) is 0 Å². The summed E-state index contributed by atoms with van der Waals surface area (Å²) in [7, 11) is 0. The van der Waals surface area contributed by atoms with Gasteiger partial charge in [-0.05, 0) is 48.8 Å². The molecule has 2 rings (SSSR count). The number of halogens is 1. The summed E-state index contributed by atoms with van der Waals surface area (Å²) in [6, 6.07) is 2.08. The quantitative estimate of drug-likeness (QED) is 0.379. The van der Waals surface area contributed by atoms with Crippen LogP contribution in [0.15, 0.2) is 42.0 Å². The number of aromatic hydroxyl groups is 1. The standard InChI is InChI=1S/C23H29ClO3/c1-6-20(25)27-13-7-8-18-15(2)14-19(16-9-11-17(24)12-10-16)22(26)21(18)23(3,4)5/h6,9,11-12,14,16,26H,1,7-8,10,13H2,2-5H3. The number of phenolic OH excluding ortho intramolecular Hbond substituents is 1. The van der Waals surface area contributed by atoms with Crippen LogP contribution < -0.4 is 0 Å². The Morgan fingerprint density at radius 2 is 2.15 bits per heavy atom. The van der Waals surface area contributed by atoms with Crippen molar-refractivity contribution in [3.63, 3.8) is 0 Å². The lowest BCUT2D eigenvalue weighted by molar-refractivity contribution is -0.137. The zero-order chi connectivity index (χ0) is 20.2. The molecule has 0 aromatic heterocycles. The summed E-state index contributed by atoms with van der Waals surface area (Å²) in [5.74, 6) is 0.0823. The monoisotopic (exact) mass is 388 g/mol. The number of carbonyl (C=O) groups is 1. The third-order valence-corrected chi connectivity index (χ3v) is 5.13. The Labute approximate surface area is 167 Å². The molecule has 1 unspecified atom stereocenters. The first-order chi connectivity index (χ1) is 12.6. The second kappa shape index (κ2) is 8.79. The molecule has 27 heavy (non-hydrogen) atoms. The Balaban J connectivity index is 2.34. The van der Waals surface area contributed by atoms with Crippen LogP contribution in [0, 0.1) is 6.92 Å². The zero-order valence-corrected chi connectivity index (χ0v) is 17.4. The van der Waals surface area contributed by atoms with E-state index in [-0.39, 0.29) is 11.3 Å². The number of aryl methyl sites for hydroxylation is 1. The lowest BCUT2D eigenvalue weighted by atomic mass is 9.77. The minimum absolute atomic E-state index is 0.120. The molecule has 3 nitrogen and oxygen atoms in total. The van der Waals surface area contributed by atoms with E-state index in [1.807, 2.05) is 12.2 Å². The van der Waals surface area contributed by atoms with Gasteiger partial charge in [0.05, 0.1) is 6.61 Å². The predicted molar refractivity (Wildman–Crippen MR) is 111 cm³/mol. The van der Waals surface area contributed by atoms with Gasteiger partial charge in [-0.1, -0.05) is 57.2 Å². The lowest BCUT2D eigenvalue weighted by Crippen LogP contribution is -2.18. The summed E-state index contributed by atoms with van der Waals surface area (Å²) in [4.78, 5) is 11.2. The molecule has 1 atom stereocenters. The fraction of sp³-hybridized carbons (Fsp3) is 0.435. The van der Waals surface area contributed by atoms with E-state index in [1.54, 1.807) is 0 Å². The molecule has 0 fully saturated rings.